The summed E-state index contributed by atoms with van der Waals surface area (Å²) in [6.07, 6.45) is 0.743. The molecule has 0 aliphatic heterocycles. The van der Waals surface area contributed by atoms with Crippen LogP contribution in [0.15, 0.2) is 24.3 Å². The van der Waals surface area contributed by atoms with Crippen molar-refractivity contribution in [3.63, 3.8) is 0 Å². The highest BCUT2D eigenvalue weighted by atomic mass is 35.5. The molecule has 82 valence electrons. The lowest BCUT2D eigenvalue weighted by molar-refractivity contribution is 0.321. The van der Waals surface area contributed by atoms with Gasteiger partial charge in [0.15, 0.2) is 0 Å². The van der Waals surface area contributed by atoms with Crippen LogP contribution in [0.25, 0.3) is 0 Å². The molecule has 2 nitrogen and oxygen atoms in total. The fraction of sp³-hybridized carbons (Fsp3) is 0.417. The topological polar surface area (TPSA) is 27.1 Å². The van der Waals surface area contributed by atoms with Crippen LogP contribution < -0.4 is 0 Å². The molecule has 0 amide bonds. The smallest absolute Gasteiger partial charge is 0.0412 e. The maximum atomic E-state index is 7.96. The summed E-state index contributed by atoms with van der Waals surface area (Å²) in [5, 5.41) is 8.65. The van der Waals surface area contributed by atoms with Crippen LogP contribution in [0.5, 0.6) is 0 Å². The van der Waals surface area contributed by atoms with E-state index in [0.29, 0.717) is 16.8 Å². The highest BCUT2D eigenvalue weighted by molar-refractivity contribution is 6.31. The average Bonchev–Trinajstić information content (AvgIpc) is 2.17. The van der Waals surface area contributed by atoms with E-state index in [2.05, 4.69) is 11.8 Å². The van der Waals surface area contributed by atoms with Crippen molar-refractivity contribution < 1.29 is 0 Å². The Bertz CT molecular complexity index is 347. The summed E-state index contributed by atoms with van der Waals surface area (Å²) >= 11 is 5.88. The summed E-state index contributed by atoms with van der Waals surface area (Å²) in [5.74, 6) is 0. The van der Waals surface area contributed by atoms with E-state index in [1.165, 1.54) is 0 Å². The maximum Gasteiger partial charge on any atom is 0.0412 e. The molecule has 0 heterocycles. The summed E-state index contributed by atoms with van der Waals surface area (Å²) in [4.78, 5) is 2.11. The highest BCUT2D eigenvalue weighted by Gasteiger charge is 2.09. The number of benzene rings is 1. The number of halogens is 1. The maximum absolute atomic E-state index is 7.96. The first-order chi connectivity index (χ1) is 7.00. The van der Waals surface area contributed by atoms with Crippen molar-refractivity contribution in [3.05, 3.63) is 34.9 Å². The molecular weight excluding hydrogens is 208 g/mol. The number of rotatable bonds is 4. The zero-order valence-corrected chi connectivity index (χ0v) is 10.2. The number of hydrogen-bond donors (Lipinski definition) is 1. The van der Waals surface area contributed by atoms with Gasteiger partial charge in [-0.15, -0.1) is 0 Å². The molecule has 0 radical (unpaired) electrons. The van der Waals surface area contributed by atoms with Crippen molar-refractivity contribution in [2.24, 2.45) is 0 Å². The van der Waals surface area contributed by atoms with Gasteiger partial charge in [0.1, 0.15) is 0 Å². The van der Waals surface area contributed by atoms with Crippen molar-refractivity contribution >= 4 is 17.3 Å². The van der Waals surface area contributed by atoms with Crippen molar-refractivity contribution in [2.75, 3.05) is 14.1 Å². The molecule has 0 saturated heterocycles. The number of nitrogens with zero attached hydrogens (tertiary/aromatic N) is 1. The summed E-state index contributed by atoms with van der Waals surface area (Å²) in [5.41, 5.74) is 1.55. The zero-order chi connectivity index (χ0) is 11.4. The lowest BCUT2D eigenvalue weighted by Gasteiger charge is -2.19. The lowest BCUT2D eigenvalue weighted by Crippen LogP contribution is -2.27. The molecule has 0 saturated carbocycles. The molecule has 0 aliphatic carbocycles. The first-order valence-electron chi connectivity index (χ1n) is 5.00. The molecule has 0 bridgehead atoms. The lowest BCUT2D eigenvalue weighted by atomic mass is 10.0. The Morgan fingerprint density at radius 1 is 1.47 bits per heavy atom. The van der Waals surface area contributed by atoms with Crippen LogP contribution in [-0.4, -0.2) is 30.7 Å². The van der Waals surface area contributed by atoms with Crippen LogP contribution in [0.3, 0.4) is 0 Å². The van der Waals surface area contributed by atoms with Gasteiger partial charge in [-0.25, -0.2) is 0 Å². The van der Waals surface area contributed by atoms with Gasteiger partial charge in [-0.3, -0.25) is 0 Å². The minimum absolute atomic E-state index is 0.372. The first-order valence-corrected chi connectivity index (χ1v) is 5.38. The van der Waals surface area contributed by atoms with Gasteiger partial charge in [0.25, 0.3) is 0 Å². The molecule has 0 aliphatic rings. The Morgan fingerprint density at radius 3 is 2.67 bits per heavy atom. The molecule has 1 atom stereocenters. The van der Waals surface area contributed by atoms with Crippen LogP contribution in [0.2, 0.25) is 5.02 Å². The predicted molar refractivity (Wildman–Crippen MR) is 66.0 cm³/mol. The molecule has 3 heteroatoms. The minimum Gasteiger partial charge on any atom is -0.306 e. The quantitative estimate of drug-likeness (QED) is 0.782. The van der Waals surface area contributed by atoms with E-state index in [9.17, 15) is 0 Å². The highest BCUT2D eigenvalue weighted by Crippen LogP contribution is 2.13. The molecule has 0 aromatic heterocycles. The molecular formula is C12H17ClN2. The summed E-state index contributed by atoms with van der Waals surface area (Å²) in [6.45, 7) is 2.11. The third kappa shape index (κ3) is 3.65. The first kappa shape index (κ1) is 12.2. The number of hydrogen-bond acceptors (Lipinski definition) is 2. The van der Waals surface area contributed by atoms with Gasteiger partial charge in [-0.05, 0) is 38.7 Å². The van der Waals surface area contributed by atoms with Crippen LogP contribution in [0, 0.1) is 5.41 Å². The van der Waals surface area contributed by atoms with Crippen molar-refractivity contribution in [3.8, 4) is 0 Å². The summed E-state index contributed by atoms with van der Waals surface area (Å²) < 4.78 is 0. The van der Waals surface area contributed by atoms with Gasteiger partial charge in [-0.2, -0.15) is 0 Å². The predicted octanol–water partition coefficient (Wildman–Crippen LogP) is 3.05. The normalized spacial score (nSPS) is 12.9. The third-order valence-corrected chi connectivity index (χ3v) is 2.79. The second-order valence-corrected chi connectivity index (χ2v) is 4.44. The third-order valence-electron chi connectivity index (χ3n) is 2.55. The summed E-state index contributed by atoms with van der Waals surface area (Å²) in [7, 11) is 4.05. The Balaban J connectivity index is 2.69. The van der Waals surface area contributed by atoms with Crippen molar-refractivity contribution in [1.29, 1.82) is 5.41 Å². The van der Waals surface area contributed by atoms with E-state index in [-0.39, 0.29) is 0 Å². The Kier molecular flexibility index (Phi) is 4.30. The minimum atomic E-state index is 0.372. The van der Waals surface area contributed by atoms with Crippen molar-refractivity contribution in [1.82, 2.24) is 4.90 Å². The van der Waals surface area contributed by atoms with E-state index in [4.69, 9.17) is 17.0 Å². The fourth-order valence-electron chi connectivity index (χ4n) is 1.27. The molecule has 0 fully saturated rings. The van der Waals surface area contributed by atoms with Crippen LogP contribution >= 0.6 is 11.6 Å². The standard InChI is InChI=1S/C12H17ClN2/c1-9(15(2)3)7-12(14)10-5-4-6-11(13)8-10/h4-6,8-9,14H,7H2,1-3H3/t9-/m1/s1. The van der Waals surface area contributed by atoms with Gasteiger partial charge in [0, 0.05) is 23.2 Å². The zero-order valence-electron chi connectivity index (χ0n) is 9.42. The van der Waals surface area contributed by atoms with Crippen LogP contribution in [-0.2, 0) is 0 Å². The van der Waals surface area contributed by atoms with Gasteiger partial charge < -0.3 is 10.3 Å². The van der Waals surface area contributed by atoms with Crippen molar-refractivity contribution in [2.45, 2.75) is 19.4 Å². The average molecular weight is 225 g/mol. The van der Waals surface area contributed by atoms with E-state index in [1.54, 1.807) is 0 Å². The van der Waals surface area contributed by atoms with Crippen LogP contribution in [0.1, 0.15) is 18.9 Å². The fourth-order valence-corrected chi connectivity index (χ4v) is 1.46. The Hall–Kier alpha value is -0.860. The van der Waals surface area contributed by atoms with E-state index in [0.717, 1.165) is 12.0 Å². The van der Waals surface area contributed by atoms with E-state index >= 15 is 0 Å². The molecule has 0 unspecified atom stereocenters. The molecule has 1 aromatic carbocycles. The molecule has 1 aromatic rings. The molecule has 1 rings (SSSR count). The van der Waals surface area contributed by atoms with Gasteiger partial charge in [0.2, 0.25) is 0 Å². The Labute approximate surface area is 96.4 Å². The van der Waals surface area contributed by atoms with E-state index < -0.39 is 0 Å². The molecule has 0 spiro atoms. The molecule has 1 N–H and O–H groups in total. The van der Waals surface area contributed by atoms with Gasteiger partial charge in [-0.1, -0.05) is 23.7 Å². The summed E-state index contributed by atoms with van der Waals surface area (Å²) in [6, 6.07) is 7.85. The Morgan fingerprint density at radius 2 is 2.13 bits per heavy atom. The van der Waals surface area contributed by atoms with Crippen LogP contribution in [0.4, 0.5) is 0 Å². The van der Waals surface area contributed by atoms with Gasteiger partial charge in [0.05, 0.1) is 0 Å². The second kappa shape index (κ2) is 5.29. The second-order valence-electron chi connectivity index (χ2n) is 4.01. The number of nitrogens with one attached hydrogen (secondary N) is 1. The largest absolute Gasteiger partial charge is 0.306 e. The molecule has 15 heavy (non-hydrogen) atoms. The van der Waals surface area contributed by atoms with E-state index in [1.807, 2.05) is 38.4 Å². The SMILES string of the molecule is C[C@H](CC(=N)c1cccc(Cl)c1)N(C)C. The van der Waals surface area contributed by atoms with Gasteiger partial charge >= 0.3 is 0 Å². The monoisotopic (exact) mass is 224 g/mol.